The normalized spacial score (nSPS) is 21.1. The van der Waals surface area contributed by atoms with Crippen molar-refractivity contribution in [3.63, 3.8) is 0 Å². The SMILES string of the molecule is CCCC(O)C1Cc2ccccc2OC1=O. The summed E-state index contributed by atoms with van der Waals surface area (Å²) in [6.07, 6.45) is 1.50. The highest BCUT2D eigenvalue weighted by atomic mass is 16.5. The van der Waals surface area contributed by atoms with Gasteiger partial charge in [-0.15, -0.1) is 0 Å². The zero-order valence-electron chi connectivity index (χ0n) is 9.35. The molecule has 0 amide bonds. The Bertz CT molecular complexity index is 387. The first-order chi connectivity index (χ1) is 7.72. The average molecular weight is 220 g/mol. The van der Waals surface area contributed by atoms with Crippen LogP contribution in [0.2, 0.25) is 0 Å². The first kappa shape index (κ1) is 11.1. The molecule has 3 nitrogen and oxygen atoms in total. The predicted octanol–water partition coefficient (Wildman–Crippen LogP) is 1.93. The molecule has 0 bridgehead atoms. The molecular weight excluding hydrogens is 204 g/mol. The second-order valence-electron chi connectivity index (χ2n) is 4.20. The van der Waals surface area contributed by atoms with Crippen LogP contribution in [0.15, 0.2) is 24.3 Å². The van der Waals surface area contributed by atoms with E-state index in [1.807, 2.05) is 25.1 Å². The smallest absolute Gasteiger partial charge is 0.317 e. The van der Waals surface area contributed by atoms with Crippen LogP contribution in [0.5, 0.6) is 5.75 Å². The molecule has 3 heteroatoms. The Balaban J connectivity index is 2.18. The summed E-state index contributed by atoms with van der Waals surface area (Å²) in [5, 5.41) is 9.87. The van der Waals surface area contributed by atoms with Crippen LogP contribution < -0.4 is 4.74 Å². The molecule has 0 saturated carbocycles. The van der Waals surface area contributed by atoms with E-state index >= 15 is 0 Å². The Morgan fingerprint density at radius 1 is 1.50 bits per heavy atom. The molecule has 0 aliphatic carbocycles. The number of hydrogen-bond acceptors (Lipinski definition) is 3. The van der Waals surface area contributed by atoms with Crippen molar-refractivity contribution >= 4 is 5.97 Å². The summed E-state index contributed by atoms with van der Waals surface area (Å²) in [5.74, 6) is -0.0815. The van der Waals surface area contributed by atoms with Gasteiger partial charge in [0.25, 0.3) is 0 Å². The van der Waals surface area contributed by atoms with Gasteiger partial charge in [0, 0.05) is 0 Å². The third-order valence-electron chi connectivity index (χ3n) is 2.97. The minimum atomic E-state index is -0.592. The molecule has 0 saturated heterocycles. The fourth-order valence-corrected chi connectivity index (χ4v) is 2.07. The Morgan fingerprint density at radius 3 is 3.00 bits per heavy atom. The predicted molar refractivity (Wildman–Crippen MR) is 60.2 cm³/mol. The third kappa shape index (κ3) is 2.09. The number of aliphatic hydroxyl groups excluding tert-OH is 1. The van der Waals surface area contributed by atoms with Gasteiger partial charge in [-0.05, 0) is 24.5 Å². The average Bonchev–Trinajstić information content (AvgIpc) is 2.28. The van der Waals surface area contributed by atoms with Crippen molar-refractivity contribution in [2.45, 2.75) is 32.3 Å². The molecule has 1 aromatic rings. The molecule has 86 valence electrons. The molecule has 0 aromatic heterocycles. The summed E-state index contributed by atoms with van der Waals surface area (Å²) in [5.41, 5.74) is 1.00. The van der Waals surface area contributed by atoms with Gasteiger partial charge >= 0.3 is 5.97 Å². The van der Waals surface area contributed by atoms with Gasteiger partial charge in [0.05, 0.1) is 12.0 Å². The Morgan fingerprint density at radius 2 is 2.25 bits per heavy atom. The zero-order valence-corrected chi connectivity index (χ0v) is 9.35. The van der Waals surface area contributed by atoms with Gasteiger partial charge in [0.15, 0.2) is 0 Å². The van der Waals surface area contributed by atoms with Gasteiger partial charge in [-0.3, -0.25) is 4.79 Å². The Kier molecular flexibility index (Phi) is 3.25. The molecule has 0 spiro atoms. The topological polar surface area (TPSA) is 46.5 Å². The molecule has 0 radical (unpaired) electrons. The number of para-hydroxylation sites is 1. The van der Waals surface area contributed by atoms with E-state index in [1.165, 1.54) is 0 Å². The lowest BCUT2D eigenvalue weighted by molar-refractivity contribution is -0.144. The molecule has 2 unspecified atom stereocenters. The van der Waals surface area contributed by atoms with Crippen LogP contribution in [-0.4, -0.2) is 17.2 Å². The van der Waals surface area contributed by atoms with Crippen LogP contribution >= 0.6 is 0 Å². The van der Waals surface area contributed by atoms with E-state index in [1.54, 1.807) is 6.07 Å². The molecule has 1 aliphatic rings. The number of aliphatic hydroxyl groups is 1. The molecule has 1 aliphatic heterocycles. The van der Waals surface area contributed by atoms with Crippen LogP contribution in [0.4, 0.5) is 0 Å². The van der Waals surface area contributed by atoms with E-state index in [0.717, 1.165) is 12.0 Å². The maximum Gasteiger partial charge on any atom is 0.317 e. The Labute approximate surface area is 95.0 Å². The highest BCUT2D eigenvalue weighted by molar-refractivity contribution is 5.78. The van der Waals surface area contributed by atoms with E-state index in [4.69, 9.17) is 4.74 Å². The van der Waals surface area contributed by atoms with Crippen molar-refractivity contribution in [2.75, 3.05) is 0 Å². The maximum atomic E-state index is 11.7. The van der Waals surface area contributed by atoms with E-state index in [9.17, 15) is 9.90 Å². The van der Waals surface area contributed by atoms with E-state index in [0.29, 0.717) is 18.6 Å². The van der Waals surface area contributed by atoms with Crippen molar-refractivity contribution in [1.29, 1.82) is 0 Å². The van der Waals surface area contributed by atoms with Crippen LogP contribution in [0, 0.1) is 5.92 Å². The van der Waals surface area contributed by atoms with Crippen molar-refractivity contribution in [1.82, 2.24) is 0 Å². The van der Waals surface area contributed by atoms with Gasteiger partial charge in [-0.1, -0.05) is 31.5 Å². The second-order valence-corrected chi connectivity index (χ2v) is 4.20. The van der Waals surface area contributed by atoms with E-state index in [-0.39, 0.29) is 5.97 Å². The Hall–Kier alpha value is -1.35. The van der Waals surface area contributed by atoms with Crippen LogP contribution in [0.25, 0.3) is 0 Å². The first-order valence-corrected chi connectivity index (χ1v) is 5.70. The highest BCUT2D eigenvalue weighted by Crippen LogP contribution is 2.30. The monoisotopic (exact) mass is 220 g/mol. The van der Waals surface area contributed by atoms with Crippen molar-refractivity contribution in [3.05, 3.63) is 29.8 Å². The lowest BCUT2D eigenvalue weighted by atomic mass is 9.89. The first-order valence-electron chi connectivity index (χ1n) is 5.70. The summed E-state index contributed by atoms with van der Waals surface area (Å²) in [6, 6.07) is 7.49. The minimum Gasteiger partial charge on any atom is -0.426 e. The van der Waals surface area contributed by atoms with Crippen molar-refractivity contribution in [3.8, 4) is 5.75 Å². The van der Waals surface area contributed by atoms with Gasteiger partial charge in [0.2, 0.25) is 0 Å². The van der Waals surface area contributed by atoms with Crippen molar-refractivity contribution in [2.24, 2.45) is 5.92 Å². The highest BCUT2D eigenvalue weighted by Gasteiger charge is 2.33. The van der Waals surface area contributed by atoms with E-state index < -0.39 is 12.0 Å². The number of carbonyl (C=O) groups excluding carboxylic acids is 1. The van der Waals surface area contributed by atoms with Gasteiger partial charge < -0.3 is 9.84 Å². The number of hydrogen-bond donors (Lipinski definition) is 1. The van der Waals surface area contributed by atoms with E-state index in [2.05, 4.69) is 0 Å². The lowest BCUT2D eigenvalue weighted by Gasteiger charge is -2.26. The number of fused-ring (bicyclic) bond motifs is 1. The van der Waals surface area contributed by atoms with Crippen molar-refractivity contribution < 1.29 is 14.6 Å². The largest absolute Gasteiger partial charge is 0.426 e. The lowest BCUT2D eigenvalue weighted by Crippen LogP contribution is -2.36. The molecule has 1 aromatic carbocycles. The number of carbonyl (C=O) groups is 1. The summed E-state index contributed by atoms with van der Waals surface area (Å²) in [4.78, 5) is 11.7. The number of rotatable bonds is 3. The second kappa shape index (κ2) is 4.66. The maximum absolute atomic E-state index is 11.7. The number of benzene rings is 1. The summed E-state index contributed by atoms with van der Waals surface area (Å²) < 4.78 is 5.21. The molecule has 2 atom stereocenters. The minimum absolute atomic E-state index is 0.306. The quantitative estimate of drug-likeness (QED) is 0.625. The summed E-state index contributed by atoms with van der Waals surface area (Å²) in [6.45, 7) is 1.99. The van der Waals surface area contributed by atoms with Crippen LogP contribution in [0.1, 0.15) is 25.3 Å². The summed E-state index contributed by atoms with van der Waals surface area (Å²) >= 11 is 0. The summed E-state index contributed by atoms with van der Waals surface area (Å²) in [7, 11) is 0. The third-order valence-corrected chi connectivity index (χ3v) is 2.97. The fraction of sp³-hybridized carbons (Fsp3) is 0.462. The van der Waals surface area contributed by atoms with Gasteiger partial charge in [0.1, 0.15) is 5.75 Å². The van der Waals surface area contributed by atoms with Crippen LogP contribution in [0.3, 0.4) is 0 Å². The fourth-order valence-electron chi connectivity index (χ4n) is 2.07. The van der Waals surface area contributed by atoms with Gasteiger partial charge in [-0.25, -0.2) is 0 Å². The molecule has 1 N–H and O–H groups in total. The molecule has 16 heavy (non-hydrogen) atoms. The molecular formula is C13H16O3. The number of ether oxygens (including phenoxy) is 1. The number of esters is 1. The molecule has 0 fully saturated rings. The molecule has 1 heterocycles. The zero-order chi connectivity index (χ0) is 11.5. The van der Waals surface area contributed by atoms with Gasteiger partial charge in [-0.2, -0.15) is 0 Å². The van der Waals surface area contributed by atoms with Crippen LogP contribution in [-0.2, 0) is 11.2 Å². The standard InChI is InChI=1S/C13H16O3/c1-2-5-11(14)10-8-9-6-3-4-7-12(9)16-13(10)15/h3-4,6-7,10-11,14H,2,5,8H2,1H3. The molecule has 2 rings (SSSR count).